The molecule has 1 aromatic carbocycles. The van der Waals surface area contributed by atoms with Gasteiger partial charge in [-0.2, -0.15) is 0 Å². The summed E-state index contributed by atoms with van der Waals surface area (Å²) < 4.78 is 5.41. The van der Waals surface area contributed by atoms with E-state index in [0.29, 0.717) is 18.5 Å². The van der Waals surface area contributed by atoms with Crippen molar-refractivity contribution in [2.24, 2.45) is 0 Å². The number of aryl methyl sites for hydroxylation is 1. The van der Waals surface area contributed by atoms with Crippen molar-refractivity contribution >= 4 is 23.2 Å². The summed E-state index contributed by atoms with van der Waals surface area (Å²) in [6.45, 7) is 4.13. The third kappa shape index (κ3) is 2.64. The van der Waals surface area contributed by atoms with Crippen LogP contribution in [0.3, 0.4) is 0 Å². The Morgan fingerprint density at radius 3 is 2.86 bits per heavy atom. The van der Waals surface area contributed by atoms with Gasteiger partial charge in [0.1, 0.15) is 0 Å². The highest BCUT2D eigenvalue weighted by Crippen LogP contribution is 2.28. The second-order valence-corrected chi connectivity index (χ2v) is 6.66. The number of carbonyl (C=O) groups excluding carboxylic acids is 2. The van der Waals surface area contributed by atoms with Gasteiger partial charge in [-0.25, -0.2) is 4.79 Å². The molecular formula is C17H17NO3S. The molecule has 2 aromatic rings. The Labute approximate surface area is 133 Å². The normalized spacial score (nSPS) is 20.2. The van der Waals surface area contributed by atoms with Gasteiger partial charge in [-0.05, 0) is 42.5 Å². The van der Waals surface area contributed by atoms with E-state index in [1.807, 2.05) is 30.5 Å². The quantitative estimate of drug-likeness (QED) is 0.886. The summed E-state index contributed by atoms with van der Waals surface area (Å²) in [5, 5.41) is 4.88. The van der Waals surface area contributed by atoms with E-state index in [0.717, 1.165) is 16.0 Å². The number of hydrogen-bond acceptors (Lipinski definition) is 4. The maximum absolute atomic E-state index is 12.5. The van der Waals surface area contributed by atoms with E-state index in [-0.39, 0.29) is 5.91 Å². The van der Waals surface area contributed by atoms with Crippen LogP contribution in [-0.2, 0) is 22.5 Å². The molecular weight excluding hydrogens is 298 g/mol. The molecule has 1 N–H and O–H groups in total. The Balaban J connectivity index is 1.75. The van der Waals surface area contributed by atoms with Crippen molar-refractivity contribution in [3.05, 3.63) is 57.3 Å². The van der Waals surface area contributed by atoms with Gasteiger partial charge in [0, 0.05) is 11.3 Å². The van der Waals surface area contributed by atoms with Crippen molar-refractivity contribution in [2.75, 3.05) is 0 Å². The average molecular weight is 315 g/mol. The Bertz CT molecular complexity index is 737. The number of carbonyl (C=O) groups is 2. The van der Waals surface area contributed by atoms with E-state index in [2.05, 4.69) is 5.32 Å². The van der Waals surface area contributed by atoms with Crippen molar-refractivity contribution in [1.29, 1.82) is 0 Å². The number of nitrogens with one attached hydrogen (secondary N) is 1. The number of fused-ring (bicyclic) bond motifs is 1. The molecule has 1 unspecified atom stereocenters. The van der Waals surface area contributed by atoms with Gasteiger partial charge in [0.05, 0.1) is 12.1 Å². The molecule has 0 radical (unpaired) electrons. The molecule has 114 valence electrons. The van der Waals surface area contributed by atoms with Crippen molar-refractivity contribution in [3.8, 4) is 0 Å². The molecule has 0 spiro atoms. The van der Waals surface area contributed by atoms with Crippen LogP contribution in [-0.4, -0.2) is 17.5 Å². The van der Waals surface area contributed by atoms with Crippen LogP contribution in [0.1, 0.15) is 33.3 Å². The zero-order valence-corrected chi connectivity index (χ0v) is 13.3. The van der Waals surface area contributed by atoms with Crippen LogP contribution in [0.4, 0.5) is 0 Å². The van der Waals surface area contributed by atoms with Crippen LogP contribution in [0.15, 0.2) is 35.7 Å². The zero-order chi connectivity index (χ0) is 15.7. The van der Waals surface area contributed by atoms with Gasteiger partial charge < -0.3 is 10.1 Å². The summed E-state index contributed by atoms with van der Waals surface area (Å²) >= 11 is 1.60. The SMILES string of the molecule is Cc1ccsc1CNC(=O)C1(C)Cc2ccccc2C(=O)O1. The summed E-state index contributed by atoms with van der Waals surface area (Å²) in [5.74, 6) is -0.699. The highest BCUT2D eigenvalue weighted by Gasteiger charge is 2.42. The Morgan fingerprint density at radius 1 is 1.36 bits per heavy atom. The lowest BCUT2D eigenvalue weighted by Crippen LogP contribution is -2.51. The summed E-state index contributed by atoms with van der Waals surface area (Å²) in [6, 6.07) is 9.27. The Morgan fingerprint density at radius 2 is 2.14 bits per heavy atom. The van der Waals surface area contributed by atoms with Gasteiger partial charge in [0.25, 0.3) is 5.91 Å². The van der Waals surface area contributed by atoms with Crippen LogP contribution in [0.2, 0.25) is 0 Å². The van der Waals surface area contributed by atoms with Gasteiger partial charge in [-0.15, -0.1) is 11.3 Å². The number of ether oxygens (including phenoxy) is 1. The number of rotatable bonds is 3. The molecule has 5 heteroatoms. The number of hydrogen-bond donors (Lipinski definition) is 1. The molecule has 2 heterocycles. The fourth-order valence-electron chi connectivity index (χ4n) is 2.59. The van der Waals surface area contributed by atoms with Crippen LogP contribution in [0.25, 0.3) is 0 Å². The van der Waals surface area contributed by atoms with Crippen molar-refractivity contribution in [3.63, 3.8) is 0 Å². The fourth-order valence-corrected chi connectivity index (χ4v) is 3.44. The Hall–Kier alpha value is -2.14. The lowest BCUT2D eigenvalue weighted by atomic mass is 9.89. The molecule has 22 heavy (non-hydrogen) atoms. The molecule has 3 rings (SSSR count). The van der Waals surface area contributed by atoms with Crippen LogP contribution < -0.4 is 5.32 Å². The number of amides is 1. The van der Waals surface area contributed by atoms with Crippen molar-refractivity contribution in [2.45, 2.75) is 32.4 Å². The largest absolute Gasteiger partial charge is 0.445 e. The Kier molecular flexibility index (Phi) is 3.74. The monoisotopic (exact) mass is 315 g/mol. The van der Waals surface area contributed by atoms with Crippen LogP contribution in [0, 0.1) is 6.92 Å². The number of esters is 1. The van der Waals surface area contributed by atoms with Crippen molar-refractivity contribution in [1.82, 2.24) is 5.32 Å². The van der Waals surface area contributed by atoms with Gasteiger partial charge in [0.2, 0.25) is 0 Å². The second-order valence-electron chi connectivity index (χ2n) is 5.66. The first-order valence-electron chi connectivity index (χ1n) is 7.12. The third-order valence-corrected chi connectivity index (χ3v) is 4.96. The van der Waals surface area contributed by atoms with E-state index in [1.54, 1.807) is 30.4 Å². The van der Waals surface area contributed by atoms with E-state index < -0.39 is 11.6 Å². The molecule has 0 aliphatic carbocycles. The summed E-state index contributed by atoms with van der Waals surface area (Å²) in [4.78, 5) is 25.7. The first kappa shape index (κ1) is 14.8. The zero-order valence-electron chi connectivity index (χ0n) is 12.5. The third-order valence-electron chi connectivity index (χ3n) is 3.94. The molecule has 0 saturated carbocycles. The van der Waals surface area contributed by atoms with Crippen LogP contribution in [0.5, 0.6) is 0 Å². The molecule has 1 aromatic heterocycles. The van der Waals surface area contributed by atoms with Gasteiger partial charge in [-0.3, -0.25) is 4.79 Å². The maximum atomic E-state index is 12.5. The number of cyclic esters (lactones) is 1. The molecule has 0 bridgehead atoms. The van der Waals surface area contributed by atoms with E-state index in [1.165, 1.54) is 0 Å². The average Bonchev–Trinajstić information content (AvgIpc) is 2.90. The standard InChI is InChI=1S/C17H17NO3S/c1-11-7-8-22-14(11)10-18-16(20)17(2)9-12-5-3-4-6-13(12)15(19)21-17/h3-8H,9-10H2,1-2H3,(H,18,20). The van der Waals surface area contributed by atoms with Gasteiger partial charge >= 0.3 is 5.97 Å². The highest BCUT2D eigenvalue weighted by molar-refractivity contribution is 7.10. The first-order chi connectivity index (χ1) is 10.5. The minimum absolute atomic E-state index is 0.261. The second kappa shape index (κ2) is 5.57. The lowest BCUT2D eigenvalue weighted by molar-refractivity contribution is -0.139. The molecule has 4 nitrogen and oxygen atoms in total. The molecule has 1 aliphatic rings. The summed E-state index contributed by atoms with van der Waals surface area (Å²) in [6.07, 6.45) is 0.393. The number of benzene rings is 1. The van der Waals surface area contributed by atoms with E-state index >= 15 is 0 Å². The minimum atomic E-state index is -1.16. The summed E-state index contributed by atoms with van der Waals surface area (Å²) in [5.41, 5.74) is 1.39. The molecule has 1 aliphatic heterocycles. The topological polar surface area (TPSA) is 55.4 Å². The predicted molar refractivity (Wildman–Crippen MR) is 84.9 cm³/mol. The maximum Gasteiger partial charge on any atom is 0.339 e. The predicted octanol–water partition coefficient (Wildman–Crippen LogP) is 2.84. The fraction of sp³-hybridized carbons (Fsp3) is 0.294. The van der Waals surface area contributed by atoms with E-state index in [9.17, 15) is 9.59 Å². The number of thiophene rings is 1. The molecule has 1 amide bonds. The first-order valence-corrected chi connectivity index (χ1v) is 8.00. The van der Waals surface area contributed by atoms with Gasteiger partial charge in [-0.1, -0.05) is 18.2 Å². The molecule has 0 saturated heterocycles. The highest BCUT2D eigenvalue weighted by atomic mass is 32.1. The minimum Gasteiger partial charge on any atom is -0.445 e. The lowest BCUT2D eigenvalue weighted by Gasteiger charge is -2.33. The molecule has 1 atom stereocenters. The van der Waals surface area contributed by atoms with Crippen molar-refractivity contribution < 1.29 is 14.3 Å². The van der Waals surface area contributed by atoms with Gasteiger partial charge in [0.15, 0.2) is 5.60 Å². The smallest absolute Gasteiger partial charge is 0.339 e. The van der Waals surface area contributed by atoms with E-state index in [4.69, 9.17) is 4.74 Å². The van der Waals surface area contributed by atoms with Crippen LogP contribution >= 0.6 is 11.3 Å². The molecule has 0 fully saturated rings. The summed E-state index contributed by atoms with van der Waals surface area (Å²) in [7, 11) is 0.